The van der Waals surface area contributed by atoms with Crippen LogP contribution >= 0.6 is 0 Å². The summed E-state index contributed by atoms with van der Waals surface area (Å²) < 4.78 is 26.9. The lowest BCUT2D eigenvalue weighted by Gasteiger charge is -2.09. The number of nitro benzene ring substituents is 1. The van der Waals surface area contributed by atoms with Gasteiger partial charge in [0, 0.05) is 22.9 Å². The molecule has 120 valence electrons. The molecule has 23 heavy (non-hydrogen) atoms. The minimum Gasteiger partial charge on any atom is -0.366 e. The van der Waals surface area contributed by atoms with Gasteiger partial charge in [0.05, 0.1) is 9.82 Å². The predicted molar refractivity (Wildman–Crippen MR) is 83.6 cm³/mol. The number of sulfonamides is 1. The van der Waals surface area contributed by atoms with E-state index in [2.05, 4.69) is 4.72 Å². The zero-order valence-electron chi connectivity index (χ0n) is 12.0. The van der Waals surface area contributed by atoms with Gasteiger partial charge in [0.2, 0.25) is 5.91 Å². The van der Waals surface area contributed by atoms with E-state index in [1.54, 1.807) is 0 Å². The van der Waals surface area contributed by atoms with E-state index in [0.717, 1.165) is 6.07 Å². The molecule has 8 nitrogen and oxygen atoms in total. The van der Waals surface area contributed by atoms with Crippen molar-refractivity contribution in [2.45, 2.75) is 11.8 Å². The van der Waals surface area contributed by atoms with Crippen molar-refractivity contribution in [1.29, 1.82) is 0 Å². The van der Waals surface area contributed by atoms with Crippen molar-refractivity contribution in [3.63, 3.8) is 0 Å². The second-order valence-electron chi connectivity index (χ2n) is 4.76. The number of anilines is 1. The number of amides is 1. The molecule has 0 atom stereocenters. The van der Waals surface area contributed by atoms with Crippen LogP contribution in [0.5, 0.6) is 0 Å². The Morgan fingerprint density at radius 2 is 1.91 bits per heavy atom. The van der Waals surface area contributed by atoms with Crippen molar-refractivity contribution in [3.8, 4) is 0 Å². The molecule has 0 aromatic heterocycles. The maximum atomic E-state index is 12.3. The van der Waals surface area contributed by atoms with Crippen LogP contribution in [0.15, 0.2) is 47.4 Å². The number of hydrogen-bond donors (Lipinski definition) is 2. The summed E-state index contributed by atoms with van der Waals surface area (Å²) in [7, 11) is -4.04. The van der Waals surface area contributed by atoms with E-state index >= 15 is 0 Å². The molecule has 0 aliphatic heterocycles. The van der Waals surface area contributed by atoms with Crippen molar-refractivity contribution >= 4 is 27.3 Å². The predicted octanol–water partition coefficient (Wildman–Crippen LogP) is 1.80. The quantitative estimate of drug-likeness (QED) is 0.635. The number of carbonyl (C=O) groups is 1. The number of hydrogen-bond acceptors (Lipinski definition) is 5. The third-order valence-corrected chi connectivity index (χ3v) is 4.47. The third kappa shape index (κ3) is 3.64. The molecular weight excluding hydrogens is 322 g/mol. The van der Waals surface area contributed by atoms with E-state index in [1.807, 2.05) is 0 Å². The van der Waals surface area contributed by atoms with Crippen LogP contribution in [0.1, 0.15) is 15.9 Å². The first-order chi connectivity index (χ1) is 10.7. The molecule has 2 aromatic rings. The number of benzene rings is 2. The molecule has 0 aliphatic carbocycles. The highest BCUT2D eigenvalue weighted by Crippen LogP contribution is 2.24. The highest BCUT2D eigenvalue weighted by molar-refractivity contribution is 7.92. The number of primary amides is 1. The van der Waals surface area contributed by atoms with Crippen LogP contribution in [0.2, 0.25) is 0 Å². The first-order valence-electron chi connectivity index (χ1n) is 6.38. The summed E-state index contributed by atoms with van der Waals surface area (Å²) >= 11 is 0. The highest BCUT2D eigenvalue weighted by Gasteiger charge is 2.20. The Bertz CT molecular complexity index is 893. The lowest BCUT2D eigenvalue weighted by Crippen LogP contribution is -2.15. The molecule has 9 heteroatoms. The van der Waals surface area contributed by atoms with Crippen LogP contribution in [0, 0.1) is 17.0 Å². The topological polar surface area (TPSA) is 132 Å². The van der Waals surface area contributed by atoms with Gasteiger partial charge in [-0.05, 0) is 31.2 Å². The number of nitrogens with two attached hydrogens (primary N) is 1. The van der Waals surface area contributed by atoms with E-state index in [1.165, 1.54) is 43.3 Å². The van der Waals surface area contributed by atoms with Gasteiger partial charge in [-0.2, -0.15) is 0 Å². The van der Waals surface area contributed by atoms with Crippen LogP contribution in [0.3, 0.4) is 0 Å². The Morgan fingerprint density at radius 3 is 2.52 bits per heavy atom. The number of nitrogens with zero attached hydrogens (tertiary/aromatic N) is 1. The molecule has 2 rings (SSSR count). The SMILES string of the molecule is Cc1ccc(S(=O)(=O)Nc2cccc(C(N)=O)c2)cc1[N+](=O)[O-]. The highest BCUT2D eigenvalue weighted by atomic mass is 32.2. The molecule has 3 N–H and O–H groups in total. The summed E-state index contributed by atoms with van der Waals surface area (Å²) in [4.78, 5) is 21.1. The summed E-state index contributed by atoms with van der Waals surface area (Å²) in [5, 5.41) is 10.9. The molecule has 0 fully saturated rings. The van der Waals surface area contributed by atoms with Gasteiger partial charge in [-0.1, -0.05) is 12.1 Å². The van der Waals surface area contributed by atoms with Gasteiger partial charge in [-0.15, -0.1) is 0 Å². The number of rotatable bonds is 5. The molecule has 0 radical (unpaired) electrons. The maximum Gasteiger partial charge on any atom is 0.273 e. The number of carbonyl (C=O) groups excluding carboxylic acids is 1. The first-order valence-corrected chi connectivity index (χ1v) is 7.87. The summed E-state index contributed by atoms with van der Waals surface area (Å²) in [5.41, 5.74) is 5.46. The largest absolute Gasteiger partial charge is 0.366 e. The van der Waals surface area contributed by atoms with E-state index in [4.69, 9.17) is 5.73 Å². The Labute approximate surface area is 132 Å². The molecule has 0 saturated heterocycles. The van der Waals surface area contributed by atoms with E-state index in [9.17, 15) is 23.3 Å². The number of nitro groups is 1. The van der Waals surface area contributed by atoms with Crippen molar-refractivity contribution in [2.24, 2.45) is 5.73 Å². The van der Waals surface area contributed by atoms with Gasteiger partial charge in [0.25, 0.3) is 15.7 Å². The van der Waals surface area contributed by atoms with E-state index in [0.29, 0.717) is 5.56 Å². The minimum absolute atomic E-state index is 0.129. The van der Waals surface area contributed by atoms with Gasteiger partial charge >= 0.3 is 0 Å². The van der Waals surface area contributed by atoms with Gasteiger partial charge < -0.3 is 5.73 Å². The van der Waals surface area contributed by atoms with E-state index in [-0.39, 0.29) is 21.8 Å². The minimum atomic E-state index is -4.04. The van der Waals surface area contributed by atoms with Crippen LogP contribution in [-0.4, -0.2) is 19.2 Å². The van der Waals surface area contributed by atoms with Crippen LogP contribution in [0.4, 0.5) is 11.4 Å². The van der Waals surface area contributed by atoms with Gasteiger partial charge in [0.15, 0.2) is 0 Å². The molecular formula is C14H13N3O5S. The van der Waals surface area contributed by atoms with Crippen LogP contribution < -0.4 is 10.5 Å². The van der Waals surface area contributed by atoms with Crippen LogP contribution in [-0.2, 0) is 10.0 Å². The molecule has 2 aromatic carbocycles. The van der Waals surface area contributed by atoms with Crippen molar-refractivity contribution in [3.05, 3.63) is 63.7 Å². The second kappa shape index (κ2) is 6.05. The zero-order chi connectivity index (χ0) is 17.2. The monoisotopic (exact) mass is 335 g/mol. The van der Waals surface area contributed by atoms with Crippen molar-refractivity contribution in [2.75, 3.05) is 4.72 Å². The van der Waals surface area contributed by atoms with Crippen LogP contribution in [0.25, 0.3) is 0 Å². The molecule has 0 aliphatic rings. The smallest absolute Gasteiger partial charge is 0.273 e. The zero-order valence-corrected chi connectivity index (χ0v) is 12.8. The fourth-order valence-corrected chi connectivity index (χ4v) is 2.97. The van der Waals surface area contributed by atoms with Crippen molar-refractivity contribution in [1.82, 2.24) is 0 Å². The summed E-state index contributed by atoms with van der Waals surface area (Å²) in [6.45, 7) is 1.51. The molecule has 0 bridgehead atoms. The average molecular weight is 335 g/mol. The second-order valence-corrected chi connectivity index (χ2v) is 6.44. The Balaban J connectivity index is 2.40. The first kappa shape index (κ1) is 16.4. The fraction of sp³-hybridized carbons (Fsp3) is 0.0714. The fourth-order valence-electron chi connectivity index (χ4n) is 1.90. The number of aryl methyl sites for hydroxylation is 1. The Kier molecular flexibility index (Phi) is 4.32. The number of nitrogens with one attached hydrogen (secondary N) is 1. The molecule has 0 saturated carbocycles. The standard InChI is InChI=1S/C14H13N3O5S/c1-9-5-6-12(8-13(9)17(19)20)23(21,22)16-11-4-2-3-10(7-11)14(15)18/h2-8,16H,1H3,(H2,15,18). The van der Waals surface area contributed by atoms with Crippen molar-refractivity contribution < 1.29 is 18.1 Å². The average Bonchev–Trinajstić information content (AvgIpc) is 2.46. The van der Waals surface area contributed by atoms with Gasteiger partial charge in [0.1, 0.15) is 0 Å². The third-order valence-electron chi connectivity index (χ3n) is 3.09. The summed E-state index contributed by atoms with van der Waals surface area (Å²) in [6, 6.07) is 9.23. The molecule has 0 heterocycles. The lowest BCUT2D eigenvalue weighted by molar-refractivity contribution is -0.385. The summed E-state index contributed by atoms with van der Waals surface area (Å²) in [6.07, 6.45) is 0. The van der Waals surface area contributed by atoms with Gasteiger partial charge in [-0.25, -0.2) is 8.42 Å². The van der Waals surface area contributed by atoms with Gasteiger partial charge in [-0.3, -0.25) is 19.6 Å². The maximum absolute atomic E-state index is 12.3. The lowest BCUT2D eigenvalue weighted by atomic mass is 10.2. The van der Waals surface area contributed by atoms with E-state index < -0.39 is 20.9 Å². The Morgan fingerprint density at radius 1 is 1.22 bits per heavy atom. The Hall–Kier alpha value is -2.94. The molecule has 0 unspecified atom stereocenters. The molecule has 1 amide bonds. The molecule has 0 spiro atoms. The normalized spacial score (nSPS) is 11.0. The summed E-state index contributed by atoms with van der Waals surface area (Å²) in [5.74, 6) is -0.697.